The van der Waals surface area contributed by atoms with Crippen LogP contribution in [0.3, 0.4) is 0 Å². The number of pyridine rings is 1. The number of unbranched alkanes of at least 4 members (excludes halogenated alkanes) is 1. The van der Waals surface area contributed by atoms with E-state index in [2.05, 4.69) is 43.6 Å². The molecule has 7 heteroatoms. The van der Waals surface area contributed by atoms with Crippen molar-refractivity contribution in [2.24, 2.45) is 5.41 Å². The maximum absolute atomic E-state index is 13.5. The number of halogens is 1. The van der Waals surface area contributed by atoms with Crippen molar-refractivity contribution in [2.45, 2.75) is 73.5 Å². The molecule has 0 atom stereocenters. The Hall–Kier alpha value is -2.02. The number of hydrogen-bond donors (Lipinski definition) is 0. The highest BCUT2D eigenvalue weighted by molar-refractivity contribution is 9.10. The number of ether oxygens (including phenoxy) is 2. The molecule has 0 saturated carbocycles. The first-order valence-corrected chi connectivity index (χ1v) is 11.5. The van der Waals surface area contributed by atoms with Crippen LogP contribution >= 0.6 is 15.9 Å². The van der Waals surface area contributed by atoms with E-state index in [4.69, 9.17) is 9.47 Å². The largest absolute Gasteiger partial charge is 0.489 e. The van der Waals surface area contributed by atoms with E-state index in [0.29, 0.717) is 35.5 Å². The lowest BCUT2D eigenvalue weighted by molar-refractivity contribution is 0.0585. The SMILES string of the molecule is CCCCOc1c(N(C)C(=O)OC(C)(C)C)n(CC(C)(C)C)c(=O)c2ccc(Br)cc12. The van der Waals surface area contributed by atoms with Crippen LogP contribution in [0.2, 0.25) is 0 Å². The summed E-state index contributed by atoms with van der Waals surface area (Å²) in [6.07, 6.45) is 1.30. The van der Waals surface area contributed by atoms with Gasteiger partial charge in [-0.2, -0.15) is 0 Å². The predicted molar refractivity (Wildman–Crippen MR) is 130 cm³/mol. The van der Waals surface area contributed by atoms with Gasteiger partial charge in [0.15, 0.2) is 11.6 Å². The lowest BCUT2D eigenvalue weighted by Crippen LogP contribution is -2.39. The summed E-state index contributed by atoms with van der Waals surface area (Å²) in [5, 5.41) is 1.23. The van der Waals surface area contributed by atoms with Crippen molar-refractivity contribution in [1.82, 2.24) is 4.57 Å². The highest BCUT2D eigenvalue weighted by atomic mass is 79.9. The zero-order valence-corrected chi connectivity index (χ0v) is 21.6. The number of carbonyl (C=O) groups excluding carboxylic acids is 1. The molecule has 2 aromatic rings. The maximum atomic E-state index is 13.5. The molecule has 0 aliphatic heterocycles. The van der Waals surface area contributed by atoms with E-state index < -0.39 is 11.7 Å². The average molecular weight is 495 g/mol. The molecule has 6 nitrogen and oxygen atoms in total. The third-order valence-electron chi connectivity index (χ3n) is 4.52. The summed E-state index contributed by atoms with van der Waals surface area (Å²) in [5.74, 6) is 0.929. The molecule has 0 N–H and O–H groups in total. The van der Waals surface area contributed by atoms with Crippen molar-refractivity contribution >= 4 is 38.6 Å². The minimum atomic E-state index is -0.663. The fourth-order valence-electron chi connectivity index (χ4n) is 3.21. The van der Waals surface area contributed by atoms with Crippen LogP contribution in [0.1, 0.15) is 61.3 Å². The number of anilines is 1. The van der Waals surface area contributed by atoms with Crippen LogP contribution in [0.25, 0.3) is 10.8 Å². The summed E-state index contributed by atoms with van der Waals surface area (Å²) < 4.78 is 14.3. The van der Waals surface area contributed by atoms with Gasteiger partial charge in [0.1, 0.15) is 5.60 Å². The van der Waals surface area contributed by atoms with Gasteiger partial charge in [0.05, 0.1) is 12.0 Å². The number of fused-ring (bicyclic) bond motifs is 1. The molecule has 31 heavy (non-hydrogen) atoms. The smallest absolute Gasteiger partial charge is 0.415 e. The summed E-state index contributed by atoms with van der Waals surface area (Å²) in [6.45, 7) is 14.6. The Bertz CT molecular complexity index is 1000. The van der Waals surface area contributed by atoms with E-state index in [-0.39, 0.29) is 11.0 Å². The molecule has 0 radical (unpaired) electrons. The summed E-state index contributed by atoms with van der Waals surface area (Å²) in [5.41, 5.74) is -1.02. The Morgan fingerprint density at radius 3 is 2.32 bits per heavy atom. The first kappa shape index (κ1) is 25.2. The monoisotopic (exact) mass is 494 g/mol. The molecule has 0 aliphatic carbocycles. The number of carbonyl (C=O) groups is 1. The van der Waals surface area contributed by atoms with Gasteiger partial charge in [-0.1, -0.05) is 50.0 Å². The van der Waals surface area contributed by atoms with Gasteiger partial charge in [-0.05, 0) is 50.8 Å². The average Bonchev–Trinajstić information content (AvgIpc) is 2.62. The van der Waals surface area contributed by atoms with Crippen molar-refractivity contribution in [3.63, 3.8) is 0 Å². The lowest BCUT2D eigenvalue weighted by atomic mass is 9.96. The Kier molecular flexibility index (Phi) is 7.84. The van der Waals surface area contributed by atoms with Gasteiger partial charge in [0, 0.05) is 23.5 Å². The quantitative estimate of drug-likeness (QED) is 0.438. The molecule has 0 saturated heterocycles. The lowest BCUT2D eigenvalue weighted by Gasteiger charge is -2.30. The minimum absolute atomic E-state index is 0.161. The van der Waals surface area contributed by atoms with E-state index >= 15 is 0 Å². The molecule has 1 aromatic heterocycles. The van der Waals surface area contributed by atoms with Gasteiger partial charge in [-0.15, -0.1) is 0 Å². The molecule has 0 fully saturated rings. The first-order valence-electron chi connectivity index (χ1n) is 10.7. The molecule has 2 rings (SSSR count). The zero-order valence-electron chi connectivity index (χ0n) is 20.0. The highest BCUT2D eigenvalue weighted by Crippen LogP contribution is 2.37. The second-order valence-corrected chi connectivity index (χ2v) is 11.0. The first-order chi connectivity index (χ1) is 14.2. The highest BCUT2D eigenvalue weighted by Gasteiger charge is 2.29. The van der Waals surface area contributed by atoms with E-state index in [9.17, 15) is 9.59 Å². The van der Waals surface area contributed by atoms with Gasteiger partial charge in [0.25, 0.3) is 5.56 Å². The number of rotatable bonds is 6. The number of amides is 1. The molecular formula is C24H35BrN2O4. The van der Waals surface area contributed by atoms with Crippen LogP contribution in [0.5, 0.6) is 5.75 Å². The zero-order chi connectivity index (χ0) is 23.6. The van der Waals surface area contributed by atoms with Crippen LogP contribution in [-0.2, 0) is 11.3 Å². The Labute approximate surface area is 193 Å². The molecule has 0 spiro atoms. The molecule has 0 bridgehead atoms. The molecule has 1 amide bonds. The van der Waals surface area contributed by atoms with E-state index in [0.717, 1.165) is 17.3 Å². The van der Waals surface area contributed by atoms with Gasteiger partial charge in [-0.25, -0.2) is 4.79 Å². The number of nitrogens with zero attached hydrogens (tertiary/aromatic N) is 2. The van der Waals surface area contributed by atoms with Crippen LogP contribution in [0, 0.1) is 5.41 Å². The minimum Gasteiger partial charge on any atom is -0.489 e. The third kappa shape index (κ3) is 6.48. The van der Waals surface area contributed by atoms with Gasteiger partial charge < -0.3 is 9.47 Å². The van der Waals surface area contributed by atoms with Crippen LogP contribution in [0.15, 0.2) is 27.5 Å². The van der Waals surface area contributed by atoms with Crippen LogP contribution in [-0.4, -0.2) is 29.9 Å². The van der Waals surface area contributed by atoms with Crippen LogP contribution in [0.4, 0.5) is 10.6 Å². The van der Waals surface area contributed by atoms with Gasteiger partial charge in [0.2, 0.25) is 0 Å². The summed E-state index contributed by atoms with van der Waals surface area (Å²) in [4.78, 5) is 27.9. The van der Waals surface area contributed by atoms with Crippen molar-refractivity contribution < 1.29 is 14.3 Å². The van der Waals surface area contributed by atoms with E-state index in [1.54, 1.807) is 17.7 Å². The molecule has 1 aromatic carbocycles. The van der Waals surface area contributed by atoms with Crippen LogP contribution < -0.4 is 15.2 Å². The van der Waals surface area contributed by atoms with Crippen molar-refractivity contribution in [1.29, 1.82) is 0 Å². The van der Waals surface area contributed by atoms with Crippen molar-refractivity contribution in [3.8, 4) is 5.75 Å². The maximum Gasteiger partial charge on any atom is 0.415 e. The molecule has 0 aliphatic rings. The third-order valence-corrected chi connectivity index (χ3v) is 5.02. The van der Waals surface area contributed by atoms with Crippen molar-refractivity contribution in [3.05, 3.63) is 33.0 Å². The second-order valence-electron chi connectivity index (χ2n) is 10.0. The number of hydrogen-bond acceptors (Lipinski definition) is 4. The fourth-order valence-corrected chi connectivity index (χ4v) is 3.57. The van der Waals surface area contributed by atoms with Gasteiger partial charge in [-0.3, -0.25) is 14.3 Å². The molecule has 172 valence electrons. The Morgan fingerprint density at radius 1 is 1.13 bits per heavy atom. The Balaban J connectivity index is 2.84. The summed E-state index contributed by atoms with van der Waals surface area (Å²) in [7, 11) is 1.62. The summed E-state index contributed by atoms with van der Waals surface area (Å²) in [6, 6.07) is 5.51. The standard InChI is InChI=1S/C24H35BrN2O4/c1-9-10-13-30-19-18-14-16(25)11-12-17(18)21(28)27(15-23(2,3)4)20(19)26(8)22(29)31-24(5,6)7/h11-12,14H,9-10,13,15H2,1-8H3. The predicted octanol–water partition coefficient (Wildman–Crippen LogP) is 6.36. The van der Waals surface area contributed by atoms with Gasteiger partial charge >= 0.3 is 6.09 Å². The topological polar surface area (TPSA) is 60.8 Å². The molecular weight excluding hydrogens is 460 g/mol. The fraction of sp³-hybridized carbons (Fsp3) is 0.583. The molecule has 0 unspecified atom stereocenters. The van der Waals surface area contributed by atoms with Crippen molar-refractivity contribution in [2.75, 3.05) is 18.6 Å². The normalized spacial score (nSPS) is 12.2. The summed E-state index contributed by atoms with van der Waals surface area (Å²) >= 11 is 3.50. The Morgan fingerprint density at radius 2 is 1.77 bits per heavy atom. The van der Waals surface area contributed by atoms with E-state index in [1.165, 1.54) is 4.90 Å². The molecule has 1 heterocycles. The second kappa shape index (κ2) is 9.63. The number of benzene rings is 1. The number of aromatic nitrogens is 1. The van der Waals surface area contributed by atoms with E-state index in [1.807, 2.05) is 32.9 Å².